The van der Waals surface area contributed by atoms with Crippen LogP contribution in [0.25, 0.3) is 5.69 Å². The molecule has 4 rings (SSSR count). The molecule has 0 aliphatic carbocycles. The summed E-state index contributed by atoms with van der Waals surface area (Å²) in [6.45, 7) is 7.68. The van der Waals surface area contributed by atoms with Gasteiger partial charge in [-0.05, 0) is 86.6 Å². The number of aryl methyl sites for hydroxylation is 3. The second-order valence-corrected chi connectivity index (χ2v) is 7.78. The third-order valence-corrected chi connectivity index (χ3v) is 5.52. The van der Waals surface area contributed by atoms with Crippen molar-refractivity contribution in [2.75, 3.05) is 13.1 Å². The Kier molecular flexibility index (Phi) is 4.99. The zero-order valence-electron chi connectivity index (χ0n) is 16.7. The summed E-state index contributed by atoms with van der Waals surface area (Å²) in [7, 11) is 0. The summed E-state index contributed by atoms with van der Waals surface area (Å²) in [4.78, 5) is 19.0. The van der Waals surface area contributed by atoms with Gasteiger partial charge in [-0.25, -0.2) is 4.68 Å². The smallest absolute Gasteiger partial charge is 0.274 e. The van der Waals surface area contributed by atoms with Crippen molar-refractivity contribution in [2.24, 2.45) is 0 Å². The number of aromatic nitrogens is 3. The molecule has 1 aliphatic rings. The molecular formula is C23H26N4O. The maximum atomic E-state index is 13.0. The van der Waals surface area contributed by atoms with Gasteiger partial charge in [0, 0.05) is 31.2 Å². The molecule has 0 radical (unpaired) electrons. The average molecular weight is 374 g/mol. The fourth-order valence-corrected chi connectivity index (χ4v) is 4.13. The van der Waals surface area contributed by atoms with E-state index in [1.54, 1.807) is 0 Å². The largest absolute Gasteiger partial charge is 0.337 e. The van der Waals surface area contributed by atoms with E-state index in [1.807, 2.05) is 35.0 Å². The van der Waals surface area contributed by atoms with Crippen LogP contribution in [0.5, 0.6) is 0 Å². The van der Waals surface area contributed by atoms with Crippen LogP contribution < -0.4 is 0 Å². The first-order valence-corrected chi connectivity index (χ1v) is 9.86. The Labute approximate surface area is 166 Å². The number of benzene rings is 1. The molecule has 3 aromatic rings. The molecule has 1 aromatic carbocycles. The maximum absolute atomic E-state index is 13.0. The van der Waals surface area contributed by atoms with E-state index in [2.05, 4.69) is 54.3 Å². The van der Waals surface area contributed by atoms with Gasteiger partial charge in [-0.15, -0.1) is 0 Å². The summed E-state index contributed by atoms with van der Waals surface area (Å²) in [5.41, 5.74) is 6.20. The highest BCUT2D eigenvalue weighted by Crippen LogP contribution is 2.28. The lowest BCUT2D eigenvalue weighted by atomic mass is 9.90. The Hall–Kier alpha value is -2.95. The zero-order chi connectivity index (χ0) is 19.7. The van der Waals surface area contributed by atoms with Gasteiger partial charge >= 0.3 is 0 Å². The van der Waals surface area contributed by atoms with Crippen LogP contribution in [0.3, 0.4) is 0 Å². The van der Waals surface area contributed by atoms with E-state index in [4.69, 9.17) is 0 Å². The van der Waals surface area contributed by atoms with Crippen molar-refractivity contribution in [3.05, 3.63) is 76.9 Å². The third-order valence-electron chi connectivity index (χ3n) is 5.52. The first-order chi connectivity index (χ1) is 13.5. The molecule has 28 heavy (non-hydrogen) atoms. The minimum Gasteiger partial charge on any atom is -0.337 e. The van der Waals surface area contributed by atoms with Crippen LogP contribution in [-0.4, -0.2) is 38.7 Å². The normalized spacial score (nSPS) is 15.0. The minimum absolute atomic E-state index is 0.0272. The van der Waals surface area contributed by atoms with Gasteiger partial charge in [-0.3, -0.25) is 9.78 Å². The maximum Gasteiger partial charge on any atom is 0.274 e. The number of hydrogen-bond acceptors (Lipinski definition) is 3. The number of carbonyl (C=O) groups excluding carboxylic acids is 1. The number of hydrogen-bond donors (Lipinski definition) is 0. The predicted molar refractivity (Wildman–Crippen MR) is 110 cm³/mol. The van der Waals surface area contributed by atoms with Gasteiger partial charge in [0.05, 0.1) is 5.69 Å². The Morgan fingerprint density at radius 3 is 2.25 bits per heavy atom. The molecule has 1 aliphatic heterocycles. The lowest BCUT2D eigenvalue weighted by Gasteiger charge is -2.31. The summed E-state index contributed by atoms with van der Waals surface area (Å²) in [5.74, 6) is 0.529. The Morgan fingerprint density at radius 2 is 1.61 bits per heavy atom. The van der Waals surface area contributed by atoms with E-state index in [9.17, 15) is 4.79 Å². The summed E-state index contributed by atoms with van der Waals surface area (Å²) in [5, 5.41) is 4.63. The Balaban J connectivity index is 1.49. The number of nitrogens with zero attached hydrogens (tertiary/aromatic N) is 4. The molecule has 5 nitrogen and oxygen atoms in total. The van der Waals surface area contributed by atoms with Gasteiger partial charge in [-0.1, -0.05) is 6.07 Å². The van der Waals surface area contributed by atoms with Crippen molar-refractivity contribution in [1.29, 1.82) is 0 Å². The molecule has 0 bridgehead atoms. The highest BCUT2D eigenvalue weighted by atomic mass is 16.2. The number of likely N-dealkylation sites (tertiary alicyclic amines) is 1. The van der Waals surface area contributed by atoms with E-state index in [0.717, 1.165) is 37.3 Å². The summed E-state index contributed by atoms with van der Waals surface area (Å²) in [6, 6.07) is 12.4. The standard InChI is InChI=1S/C23H26N4O/c1-16-12-17(2)14-21(13-16)27-18(3)15-22(25-27)23(28)26-10-6-20(7-11-26)19-4-8-24-9-5-19/h4-5,8-9,12-15,20H,6-7,10-11H2,1-3H3. The van der Waals surface area contributed by atoms with Gasteiger partial charge in [0.1, 0.15) is 0 Å². The van der Waals surface area contributed by atoms with Crippen molar-refractivity contribution >= 4 is 5.91 Å². The van der Waals surface area contributed by atoms with E-state index in [-0.39, 0.29) is 5.91 Å². The summed E-state index contributed by atoms with van der Waals surface area (Å²) >= 11 is 0. The number of carbonyl (C=O) groups is 1. The van der Waals surface area contributed by atoms with E-state index in [1.165, 1.54) is 16.7 Å². The summed E-state index contributed by atoms with van der Waals surface area (Å²) in [6.07, 6.45) is 5.64. The first-order valence-electron chi connectivity index (χ1n) is 9.86. The van der Waals surface area contributed by atoms with Crippen molar-refractivity contribution in [1.82, 2.24) is 19.7 Å². The van der Waals surface area contributed by atoms with Crippen molar-refractivity contribution in [2.45, 2.75) is 39.5 Å². The monoisotopic (exact) mass is 374 g/mol. The van der Waals surface area contributed by atoms with Crippen LogP contribution in [-0.2, 0) is 0 Å². The second kappa shape index (κ2) is 7.58. The fraction of sp³-hybridized carbons (Fsp3) is 0.348. The minimum atomic E-state index is 0.0272. The number of rotatable bonds is 3. The summed E-state index contributed by atoms with van der Waals surface area (Å²) < 4.78 is 1.87. The van der Waals surface area contributed by atoms with Crippen LogP contribution in [0, 0.1) is 20.8 Å². The molecule has 5 heteroatoms. The van der Waals surface area contributed by atoms with E-state index in [0.29, 0.717) is 11.6 Å². The van der Waals surface area contributed by atoms with Crippen LogP contribution in [0.2, 0.25) is 0 Å². The molecule has 144 valence electrons. The molecule has 2 aromatic heterocycles. The highest BCUT2D eigenvalue weighted by molar-refractivity contribution is 5.92. The Bertz CT molecular complexity index is 965. The van der Waals surface area contributed by atoms with Gasteiger partial charge in [0.25, 0.3) is 5.91 Å². The molecule has 0 spiro atoms. The van der Waals surface area contributed by atoms with E-state index >= 15 is 0 Å². The molecule has 0 saturated carbocycles. The molecule has 0 atom stereocenters. The van der Waals surface area contributed by atoms with Crippen molar-refractivity contribution < 1.29 is 4.79 Å². The molecular weight excluding hydrogens is 348 g/mol. The lowest BCUT2D eigenvalue weighted by Crippen LogP contribution is -2.38. The van der Waals surface area contributed by atoms with E-state index < -0.39 is 0 Å². The van der Waals surface area contributed by atoms with Crippen molar-refractivity contribution in [3.8, 4) is 5.69 Å². The fourth-order valence-electron chi connectivity index (χ4n) is 4.13. The predicted octanol–water partition coefficient (Wildman–Crippen LogP) is 4.21. The molecule has 1 amide bonds. The number of piperidine rings is 1. The van der Waals surface area contributed by atoms with Crippen molar-refractivity contribution in [3.63, 3.8) is 0 Å². The van der Waals surface area contributed by atoms with Gasteiger partial charge in [0.2, 0.25) is 0 Å². The van der Waals surface area contributed by atoms with Crippen LogP contribution in [0.1, 0.15) is 51.6 Å². The molecule has 1 fully saturated rings. The second-order valence-electron chi connectivity index (χ2n) is 7.78. The van der Waals surface area contributed by atoms with Gasteiger partial charge in [-0.2, -0.15) is 5.10 Å². The highest BCUT2D eigenvalue weighted by Gasteiger charge is 2.26. The SMILES string of the molecule is Cc1cc(C)cc(-n2nc(C(=O)N3CCC(c4ccncc4)CC3)cc2C)c1. The van der Waals surface area contributed by atoms with Crippen LogP contribution in [0.15, 0.2) is 48.8 Å². The topological polar surface area (TPSA) is 51.0 Å². The molecule has 0 N–H and O–H groups in total. The lowest BCUT2D eigenvalue weighted by molar-refractivity contribution is 0.0706. The molecule has 1 saturated heterocycles. The Morgan fingerprint density at radius 1 is 0.964 bits per heavy atom. The first kappa shape index (κ1) is 18.4. The molecule has 3 heterocycles. The third kappa shape index (κ3) is 3.70. The number of pyridine rings is 1. The van der Waals surface area contributed by atoms with Gasteiger partial charge < -0.3 is 4.90 Å². The molecule has 0 unspecified atom stereocenters. The quantitative estimate of drug-likeness (QED) is 0.690. The van der Waals surface area contributed by atoms with Gasteiger partial charge in [0.15, 0.2) is 5.69 Å². The van der Waals surface area contributed by atoms with Crippen LogP contribution in [0.4, 0.5) is 0 Å². The zero-order valence-corrected chi connectivity index (χ0v) is 16.7. The average Bonchev–Trinajstić information content (AvgIpc) is 3.09. The van der Waals surface area contributed by atoms with Crippen LogP contribution >= 0.6 is 0 Å². The number of amides is 1.